The van der Waals surface area contributed by atoms with E-state index in [0.29, 0.717) is 16.6 Å². The zero-order chi connectivity index (χ0) is 20.8. The summed E-state index contributed by atoms with van der Waals surface area (Å²) in [6.07, 6.45) is 4.98. The summed E-state index contributed by atoms with van der Waals surface area (Å²) in [6.45, 7) is 1.53. The highest BCUT2D eigenvalue weighted by molar-refractivity contribution is 5.88. The van der Waals surface area contributed by atoms with Crippen LogP contribution in [0.2, 0.25) is 0 Å². The van der Waals surface area contributed by atoms with Crippen molar-refractivity contribution in [2.45, 2.75) is 13.0 Å². The van der Waals surface area contributed by atoms with Crippen LogP contribution >= 0.6 is 0 Å². The van der Waals surface area contributed by atoms with Crippen molar-refractivity contribution >= 4 is 21.9 Å². The van der Waals surface area contributed by atoms with Crippen LogP contribution in [0.3, 0.4) is 0 Å². The average Bonchev–Trinajstić information content (AvgIpc) is 3.19. The lowest BCUT2D eigenvalue weighted by molar-refractivity contribution is 0.210. The molecule has 0 radical (unpaired) electrons. The number of halogens is 2. The fraction of sp³-hybridized carbons (Fsp3) is 0.0870. The Balaban J connectivity index is 1.64. The molecular weight excluding hydrogens is 386 g/mol. The Labute approximate surface area is 170 Å². The first kappa shape index (κ1) is 18.3. The van der Waals surface area contributed by atoms with Gasteiger partial charge in [-0.3, -0.25) is 0 Å². The number of aliphatic hydroxyl groups is 1. The van der Waals surface area contributed by atoms with Crippen molar-refractivity contribution in [3.05, 3.63) is 89.6 Å². The largest absolute Gasteiger partial charge is 0.383 e. The average molecular weight is 402 g/mol. The minimum atomic E-state index is -1.47. The fourth-order valence-electron chi connectivity index (χ4n) is 3.66. The maximum absolute atomic E-state index is 14.6. The second kappa shape index (κ2) is 6.96. The van der Waals surface area contributed by atoms with Gasteiger partial charge < -0.3 is 10.1 Å². The van der Waals surface area contributed by atoms with E-state index in [0.717, 1.165) is 28.1 Å². The van der Waals surface area contributed by atoms with Crippen LogP contribution in [-0.2, 0) is 0 Å². The molecular formula is C23H16F2N4O. The van der Waals surface area contributed by atoms with Crippen molar-refractivity contribution in [1.82, 2.24) is 19.9 Å². The van der Waals surface area contributed by atoms with Crippen LogP contribution in [-0.4, -0.2) is 25.0 Å². The first-order valence-corrected chi connectivity index (χ1v) is 9.32. The van der Waals surface area contributed by atoms with Crippen molar-refractivity contribution in [2.24, 2.45) is 0 Å². The van der Waals surface area contributed by atoms with Gasteiger partial charge in [0.1, 0.15) is 29.7 Å². The van der Waals surface area contributed by atoms with Crippen molar-refractivity contribution < 1.29 is 13.9 Å². The van der Waals surface area contributed by atoms with Crippen LogP contribution in [0.4, 0.5) is 8.78 Å². The van der Waals surface area contributed by atoms with Gasteiger partial charge in [-0.25, -0.2) is 23.7 Å². The van der Waals surface area contributed by atoms with E-state index >= 15 is 0 Å². The van der Waals surface area contributed by atoms with E-state index in [-0.39, 0.29) is 11.1 Å². The van der Waals surface area contributed by atoms with E-state index in [1.807, 2.05) is 24.3 Å². The van der Waals surface area contributed by atoms with Gasteiger partial charge in [-0.1, -0.05) is 12.1 Å². The minimum Gasteiger partial charge on any atom is -0.383 e. The maximum atomic E-state index is 14.6. The molecule has 5 nitrogen and oxygen atoms in total. The van der Waals surface area contributed by atoms with Crippen molar-refractivity contribution in [1.29, 1.82) is 0 Å². The highest BCUT2D eigenvalue weighted by atomic mass is 19.1. The molecule has 5 rings (SSSR count). The highest BCUT2D eigenvalue weighted by Gasteiger charge is 2.24. The second-order valence-electron chi connectivity index (χ2n) is 7.15. The number of pyridine rings is 1. The molecule has 3 heterocycles. The summed E-state index contributed by atoms with van der Waals surface area (Å²) < 4.78 is 28.9. The number of benzene rings is 2. The molecule has 0 saturated heterocycles. The van der Waals surface area contributed by atoms with Gasteiger partial charge in [0.15, 0.2) is 0 Å². The number of fused-ring (bicyclic) bond motifs is 2. The smallest absolute Gasteiger partial charge is 0.137 e. The molecule has 0 aliphatic carbocycles. The van der Waals surface area contributed by atoms with Gasteiger partial charge in [-0.05, 0) is 42.3 Å². The van der Waals surface area contributed by atoms with Crippen LogP contribution in [0, 0.1) is 18.6 Å². The number of nitrogens with one attached hydrogen (secondary N) is 1. The lowest BCUT2D eigenvalue weighted by Crippen LogP contribution is -2.07. The maximum Gasteiger partial charge on any atom is 0.137 e. The molecule has 0 bridgehead atoms. The Morgan fingerprint density at radius 1 is 1.00 bits per heavy atom. The number of aromatic amines is 1. The summed E-state index contributed by atoms with van der Waals surface area (Å²) in [6, 6.07) is 10.1. The van der Waals surface area contributed by atoms with E-state index in [4.69, 9.17) is 0 Å². The number of hydrogen-bond donors (Lipinski definition) is 2. The Kier molecular flexibility index (Phi) is 4.25. The summed E-state index contributed by atoms with van der Waals surface area (Å²) in [5, 5.41) is 12.3. The number of aromatic nitrogens is 4. The standard InChI is InChI=1S/C23H16F2N4O/c1-12-2-4-18(24)20(21(12)25)22(30)17-10-28-23-16(17)7-14(9-27-23)13-3-5-19-15(6-13)8-26-11-29-19/h2-11,22,30H,1H3,(H,27,28). The number of nitrogens with zero attached hydrogens (tertiary/aromatic N) is 3. The predicted octanol–water partition coefficient (Wildman–Crippen LogP) is 4.84. The van der Waals surface area contributed by atoms with Crippen molar-refractivity contribution in [3.8, 4) is 11.1 Å². The predicted molar refractivity (Wildman–Crippen MR) is 110 cm³/mol. The Bertz CT molecular complexity index is 1410. The van der Waals surface area contributed by atoms with Gasteiger partial charge >= 0.3 is 0 Å². The van der Waals surface area contributed by atoms with Crippen molar-refractivity contribution in [3.63, 3.8) is 0 Å². The highest BCUT2D eigenvalue weighted by Crippen LogP contribution is 2.34. The molecule has 148 valence electrons. The lowest BCUT2D eigenvalue weighted by Gasteiger charge is -2.14. The van der Waals surface area contributed by atoms with E-state index in [2.05, 4.69) is 19.9 Å². The molecule has 2 aromatic carbocycles. The van der Waals surface area contributed by atoms with Crippen LogP contribution in [0.25, 0.3) is 33.1 Å². The molecule has 5 aromatic rings. The zero-order valence-corrected chi connectivity index (χ0v) is 15.9. The summed E-state index contributed by atoms with van der Waals surface area (Å²) >= 11 is 0. The summed E-state index contributed by atoms with van der Waals surface area (Å²) in [4.78, 5) is 15.6. The first-order valence-electron chi connectivity index (χ1n) is 9.32. The Hall–Kier alpha value is -3.71. The van der Waals surface area contributed by atoms with Gasteiger partial charge in [-0.15, -0.1) is 0 Å². The molecule has 1 atom stereocenters. The molecule has 0 aliphatic heterocycles. The summed E-state index contributed by atoms with van der Waals surface area (Å²) in [7, 11) is 0. The lowest BCUT2D eigenvalue weighted by atomic mass is 9.97. The number of H-pyrrole nitrogens is 1. The molecule has 0 fully saturated rings. The molecule has 30 heavy (non-hydrogen) atoms. The minimum absolute atomic E-state index is 0.266. The van der Waals surface area contributed by atoms with Crippen LogP contribution in [0.5, 0.6) is 0 Å². The molecule has 3 aromatic heterocycles. The van der Waals surface area contributed by atoms with Gasteiger partial charge in [0.05, 0.1) is 11.1 Å². The van der Waals surface area contributed by atoms with Gasteiger partial charge in [0, 0.05) is 40.5 Å². The molecule has 0 saturated carbocycles. The second-order valence-corrected chi connectivity index (χ2v) is 7.15. The van der Waals surface area contributed by atoms with Crippen LogP contribution < -0.4 is 0 Å². The monoisotopic (exact) mass is 402 g/mol. The number of hydrogen-bond acceptors (Lipinski definition) is 4. The third-order valence-electron chi connectivity index (χ3n) is 5.29. The Morgan fingerprint density at radius 2 is 1.87 bits per heavy atom. The molecule has 0 spiro atoms. The summed E-state index contributed by atoms with van der Waals surface area (Å²) in [5.74, 6) is -1.55. The molecule has 2 N–H and O–H groups in total. The van der Waals surface area contributed by atoms with E-state index in [1.165, 1.54) is 25.5 Å². The van der Waals surface area contributed by atoms with E-state index in [1.54, 1.807) is 12.4 Å². The molecule has 0 aliphatic rings. The quantitative estimate of drug-likeness (QED) is 0.453. The number of aryl methyl sites for hydroxylation is 1. The first-order chi connectivity index (χ1) is 14.5. The third-order valence-corrected chi connectivity index (χ3v) is 5.29. The van der Waals surface area contributed by atoms with Crippen LogP contribution in [0.15, 0.2) is 61.3 Å². The normalized spacial score (nSPS) is 12.5. The number of rotatable bonds is 3. The van der Waals surface area contributed by atoms with Crippen molar-refractivity contribution in [2.75, 3.05) is 0 Å². The molecule has 7 heteroatoms. The van der Waals surface area contributed by atoms with Crippen LogP contribution in [0.1, 0.15) is 22.8 Å². The van der Waals surface area contributed by atoms with Gasteiger partial charge in [-0.2, -0.15) is 0 Å². The van der Waals surface area contributed by atoms with E-state index < -0.39 is 17.7 Å². The fourth-order valence-corrected chi connectivity index (χ4v) is 3.66. The molecule has 0 amide bonds. The summed E-state index contributed by atoms with van der Waals surface area (Å²) in [5.41, 5.74) is 3.28. The zero-order valence-electron chi connectivity index (χ0n) is 15.9. The third kappa shape index (κ3) is 2.91. The van der Waals surface area contributed by atoms with Gasteiger partial charge in [0.2, 0.25) is 0 Å². The van der Waals surface area contributed by atoms with E-state index in [9.17, 15) is 13.9 Å². The topological polar surface area (TPSA) is 74.7 Å². The van der Waals surface area contributed by atoms with Gasteiger partial charge in [0.25, 0.3) is 0 Å². The number of aliphatic hydroxyl groups excluding tert-OH is 1. The molecule has 1 unspecified atom stereocenters. The SMILES string of the molecule is Cc1ccc(F)c(C(O)c2c[nH]c3ncc(-c4ccc5ncncc5c4)cc23)c1F. The Morgan fingerprint density at radius 3 is 2.73 bits per heavy atom.